The van der Waals surface area contributed by atoms with Crippen LogP contribution in [0.4, 0.5) is 5.69 Å². The van der Waals surface area contributed by atoms with E-state index in [0.29, 0.717) is 27.3 Å². The highest BCUT2D eigenvalue weighted by Gasteiger charge is 2.49. The zero-order valence-electron chi connectivity index (χ0n) is 15.3. The van der Waals surface area contributed by atoms with Crippen LogP contribution in [0.5, 0.6) is 0 Å². The Morgan fingerprint density at radius 3 is 2.62 bits per heavy atom. The average molecular weight is 469 g/mol. The summed E-state index contributed by atoms with van der Waals surface area (Å²) in [5.41, 5.74) is 1.68. The van der Waals surface area contributed by atoms with Crippen LogP contribution in [0.2, 0.25) is 10.0 Å². The molecule has 2 aliphatic heterocycles. The minimum atomic E-state index is -3.14. The van der Waals surface area contributed by atoms with Crippen LogP contribution in [0.25, 0.3) is 0 Å². The molecule has 2 atom stereocenters. The molecule has 0 bridgehead atoms. The van der Waals surface area contributed by atoms with E-state index in [-0.39, 0.29) is 35.1 Å². The fraction of sp³-hybridized carbons (Fsp3) is 0.300. The van der Waals surface area contributed by atoms with Crippen LogP contribution in [0.1, 0.15) is 12.0 Å². The van der Waals surface area contributed by atoms with E-state index in [2.05, 4.69) is 4.99 Å². The second-order valence-electron chi connectivity index (χ2n) is 7.04. The van der Waals surface area contributed by atoms with E-state index in [0.717, 1.165) is 5.56 Å². The van der Waals surface area contributed by atoms with Crippen molar-refractivity contribution in [3.63, 3.8) is 0 Å². The third kappa shape index (κ3) is 4.63. The van der Waals surface area contributed by atoms with Gasteiger partial charge in [-0.3, -0.25) is 4.79 Å². The van der Waals surface area contributed by atoms with E-state index in [1.807, 2.05) is 30.3 Å². The molecule has 4 rings (SSSR count). The number of benzene rings is 2. The van der Waals surface area contributed by atoms with Crippen LogP contribution < -0.4 is 4.90 Å². The molecular weight excluding hydrogens is 451 g/mol. The minimum absolute atomic E-state index is 0.0147. The number of amidine groups is 1. The van der Waals surface area contributed by atoms with Gasteiger partial charge in [0, 0.05) is 16.7 Å². The first kappa shape index (κ1) is 20.7. The number of fused-ring (bicyclic) bond motifs is 1. The molecule has 152 valence electrons. The van der Waals surface area contributed by atoms with E-state index in [9.17, 15) is 13.2 Å². The molecule has 0 unspecified atom stereocenters. The second kappa shape index (κ2) is 8.30. The highest BCUT2D eigenvalue weighted by molar-refractivity contribution is 8.16. The van der Waals surface area contributed by atoms with Gasteiger partial charge in [-0.2, -0.15) is 4.99 Å². The maximum atomic E-state index is 12.5. The molecule has 9 heteroatoms. The van der Waals surface area contributed by atoms with Crippen molar-refractivity contribution < 1.29 is 13.2 Å². The average Bonchev–Trinajstić information content (AvgIpc) is 3.12. The Morgan fingerprint density at radius 2 is 1.90 bits per heavy atom. The third-order valence-electron chi connectivity index (χ3n) is 4.93. The van der Waals surface area contributed by atoms with Gasteiger partial charge in [0.05, 0.1) is 28.3 Å². The number of thioether (sulfide) groups is 1. The second-order valence-corrected chi connectivity index (χ2v) is 11.2. The standard InChI is InChI=1S/C20H18Cl2N2O3S2/c21-14-7-8-16(15(22)10-14)24-17-11-29(26,27)12-18(17)28-20(24)23-19(25)9-6-13-4-2-1-3-5-13/h1-5,7-8,10,17-18H,6,9,11-12H2/t17-,18+/m0/s1. The highest BCUT2D eigenvalue weighted by Crippen LogP contribution is 2.43. The lowest BCUT2D eigenvalue weighted by atomic mass is 10.1. The third-order valence-corrected chi connectivity index (χ3v) is 8.67. The molecule has 2 fully saturated rings. The Bertz CT molecular complexity index is 1070. The van der Waals surface area contributed by atoms with E-state index in [4.69, 9.17) is 23.2 Å². The van der Waals surface area contributed by atoms with Crippen molar-refractivity contribution in [1.29, 1.82) is 0 Å². The SMILES string of the molecule is O=C(CCc1ccccc1)N=C1S[C@@H]2CS(=O)(=O)C[C@@H]2N1c1ccc(Cl)cc1Cl. The van der Waals surface area contributed by atoms with E-state index < -0.39 is 9.84 Å². The lowest BCUT2D eigenvalue weighted by molar-refractivity contribution is -0.117. The molecule has 29 heavy (non-hydrogen) atoms. The van der Waals surface area contributed by atoms with Gasteiger partial charge in [0.2, 0.25) is 5.91 Å². The lowest BCUT2D eigenvalue weighted by Gasteiger charge is -2.25. The van der Waals surface area contributed by atoms with E-state index >= 15 is 0 Å². The number of carbonyl (C=O) groups is 1. The molecule has 2 aliphatic rings. The van der Waals surface area contributed by atoms with Crippen molar-refractivity contribution in [1.82, 2.24) is 0 Å². The summed E-state index contributed by atoms with van der Waals surface area (Å²) in [6.45, 7) is 0. The Labute approximate surface area is 184 Å². The number of anilines is 1. The number of carbonyl (C=O) groups excluding carboxylic acids is 1. The zero-order chi connectivity index (χ0) is 20.6. The number of nitrogens with zero attached hydrogens (tertiary/aromatic N) is 2. The lowest BCUT2D eigenvalue weighted by Crippen LogP contribution is -2.37. The normalized spacial score (nSPS) is 24.1. The molecule has 1 amide bonds. The fourth-order valence-corrected chi connectivity index (χ4v) is 8.01. The molecule has 0 spiro atoms. The monoisotopic (exact) mass is 468 g/mol. The van der Waals surface area contributed by atoms with Crippen LogP contribution in [-0.4, -0.2) is 42.3 Å². The summed E-state index contributed by atoms with van der Waals surface area (Å²) < 4.78 is 24.3. The minimum Gasteiger partial charge on any atom is -0.314 e. The van der Waals surface area contributed by atoms with Crippen molar-refractivity contribution in [2.24, 2.45) is 4.99 Å². The maximum absolute atomic E-state index is 12.5. The van der Waals surface area contributed by atoms with Crippen molar-refractivity contribution in [3.8, 4) is 0 Å². The summed E-state index contributed by atoms with van der Waals surface area (Å²) in [5, 5.41) is 1.20. The number of hydrogen-bond acceptors (Lipinski definition) is 4. The van der Waals surface area contributed by atoms with Gasteiger partial charge in [0.25, 0.3) is 0 Å². The van der Waals surface area contributed by atoms with Gasteiger partial charge in [0.15, 0.2) is 15.0 Å². The molecule has 0 N–H and O–H groups in total. The summed E-state index contributed by atoms with van der Waals surface area (Å²) in [6, 6.07) is 14.5. The number of amides is 1. The highest BCUT2D eigenvalue weighted by atomic mass is 35.5. The predicted octanol–water partition coefficient (Wildman–Crippen LogP) is 4.23. The summed E-state index contributed by atoms with van der Waals surface area (Å²) >= 11 is 13.7. The van der Waals surface area contributed by atoms with E-state index in [1.54, 1.807) is 23.1 Å². The number of sulfone groups is 1. The maximum Gasteiger partial charge on any atom is 0.248 e. The van der Waals surface area contributed by atoms with Gasteiger partial charge >= 0.3 is 0 Å². The van der Waals surface area contributed by atoms with Crippen LogP contribution in [0, 0.1) is 0 Å². The van der Waals surface area contributed by atoms with Gasteiger partial charge < -0.3 is 4.90 Å². The zero-order valence-corrected chi connectivity index (χ0v) is 18.4. The van der Waals surface area contributed by atoms with Crippen LogP contribution >= 0.6 is 35.0 Å². The molecule has 2 saturated heterocycles. The van der Waals surface area contributed by atoms with Crippen LogP contribution in [-0.2, 0) is 21.1 Å². The van der Waals surface area contributed by atoms with Crippen molar-refractivity contribution in [2.45, 2.75) is 24.1 Å². The van der Waals surface area contributed by atoms with Crippen LogP contribution in [0.3, 0.4) is 0 Å². The largest absolute Gasteiger partial charge is 0.314 e. The first-order valence-corrected chi connectivity index (χ1v) is 12.5. The molecule has 0 aromatic heterocycles. The molecule has 5 nitrogen and oxygen atoms in total. The Balaban J connectivity index is 1.60. The Morgan fingerprint density at radius 1 is 1.14 bits per heavy atom. The quantitative estimate of drug-likeness (QED) is 0.671. The number of aliphatic imine (C=N–C) groups is 1. The molecular formula is C20H18Cl2N2O3S2. The smallest absolute Gasteiger partial charge is 0.248 e. The van der Waals surface area contributed by atoms with Gasteiger partial charge in [-0.25, -0.2) is 8.42 Å². The summed E-state index contributed by atoms with van der Waals surface area (Å²) in [6.07, 6.45) is 0.883. The fourth-order valence-electron chi connectivity index (χ4n) is 3.58. The first-order chi connectivity index (χ1) is 13.8. The van der Waals surface area contributed by atoms with Crippen molar-refractivity contribution in [3.05, 3.63) is 64.1 Å². The predicted molar refractivity (Wildman–Crippen MR) is 120 cm³/mol. The summed E-state index contributed by atoms with van der Waals surface area (Å²) in [7, 11) is -3.14. The van der Waals surface area contributed by atoms with Crippen molar-refractivity contribution in [2.75, 3.05) is 16.4 Å². The van der Waals surface area contributed by atoms with E-state index in [1.165, 1.54) is 11.8 Å². The van der Waals surface area contributed by atoms with Gasteiger partial charge in [0.1, 0.15) is 0 Å². The molecule has 0 aliphatic carbocycles. The van der Waals surface area contributed by atoms with Gasteiger partial charge in [-0.1, -0.05) is 65.3 Å². The molecule has 0 saturated carbocycles. The van der Waals surface area contributed by atoms with Crippen molar-refractivity contribution >= 4 is 61.6 Å². The topological polar surface area (TPSA) is 66.8 Å². The number of hydrogen-bond donors (Lipinski definition) is 0. The first-order valence-electron chi connectivity index (χ1n) is 9.09. The van der Waals surface area contributed by atoms with Gasteiger partial charge in [-0.15, -0.1) is 0 Å². The summed E-state index contributed by atoms with van der Waals surface area (Å²) in [5.74, 6) is -0.156. The number of halogens is 2. The number of rotatable bonds is 4. The Hall–Kier alpha value is -1.54. The summed E-state index contributed by atoms with van der Waals surface area (Å²) in [4.78, 5) is 18.6. The molecule has 2 aromatic carbocycles. The van der Waals surface area contributed by atoms with Gasteiger partial charge in [-0.05, 0) is 30.2 Å². The Kier molecular flexibility index (Phi) is 5.93. The molecule has 2 heterocycles. The van der Waals surface area contributed by atoms with Crippen LogP contribution in [0.15, 0.2) is 53.5 Å². The molecule has 2 aromatic rings. The number of aryl methyl sites for hydroxylation is 1. The molecule has 0 radical (unpaired) electrons.